The van der Waals surface area contributed by atoms with Crippen molar-refractivity contribution in [2.45, 2.75) is 18.5 Å². The summed E-state index contributed by atoms with van der Waals surface area (Å²) < 4.78 is 9.54. The van der Waals surface area contributed by atoms with Gasteiger partial charge in [-0.2, -0.15) is 0 Å². The summed E-state index contributed by atoms with van der Waals surface area (Å²) >= 11 is 0. The Hall–Kier alpha value is -1.09. The van der Waals surface area contributed by atoms with Crippen LogP contribution < -0.4 is 11.5 Å². The van der Waals surface area contributed by atoms with Crippen molar-refractivity contribution in [1.29, 1.82) is 0 Å². The Morgan fingerprint density at radius 2 is 2.14 bits per heavy atom. The predicted molar refractivity (Wildman–Crippen MR) is 52.0 cm³/mol. The molecule has 0 spiro atoms. The van der Waals surface area contributed by atoms with E-state index in [1.807, 2.05) is 0 Å². The highest BCUT2D eigenvalue weighted by molar-refractivity contribution is 5.69. The maximum atomic E-state index is 11.0. The Morgan fingerprint density at radius 3 is 2.64 bits per heavy atom. The SMILES string of the molecule is C#CCCC(=O)OCC(N)(N)COC. The topological polar surface area (TPSA) is 87.6 Å². The van der Waals surface area contributed by atoms with Crippen LogP contribution in [0.2, 0.25) is 0 Å². The molecule has 5 heteroatoms. The highest BCUT2D eigenvalue weighted by atomic mass is 16.5. The minimum atomic E-state index is -1.14. The van der Waals surface area contributed by atoms with Crippen molar-refractivity contribution in [1.82, 2.24) is 0 Å². The zero-order valence-electron chi connectivity index (χ0n) is 8.29. The first-order valence-corrected chi connectivity index (χ1v) is 4.17. The average molecular weight is 200 g/mol. The minimum Gasteiger partial charge on any atom is -0.462 e. The quantitative estimate of drug-likeness (QED) is 0.333. The van der Waals surface area contributed by atoms with Crippen molar-refractivity contribution >= 4 is 5.97 Å². The van der Waals surface area contributed by atoms with Gasteiger partial charge in [-0.1, -0.05) is 0 Å². The smallest absolute Gasteiger partial charge is 0.306 e. The maximum Gasteiger partial charge on any atom is 0.306 e. The second kappa shape index (κ2) is 6.38. The van der Waals surface area contributed by atoms with E-state index in [9.17, 15) is 4.79 Å². The number of rotatable bonds is 6. The average Bonchev–Trinajstić information content (AvgIpc) is 2.11. The molecule has 80 valence electrons. The molecule has 0 bridgehead atoms. The molecule has 0 rings (SSSR count). The molecule has 0 aliphatic heterocycles. The zero-order chi connectivity index (χ0) is 11.0. The third-order valence-corrected chi connectivity index (χ3v) is 1.39. The number of carbonyl (C=O) groups excluding carboxylic acids is 1. The normalized spacial score (nSPS) is 10.7. The van der Waals surface area contributed by atoms with Crippen LogP contribution in [-0.4, -0.2) is 32.0 Å². The van der Waals surface area contributed by atoms with Gasteiger partial charge in [0.25, 0.3) is 0 Å². The molecule has 0 saturated heterocycles. The largest absolute Gasteiger partial charge is 0.462 e. The van der Waals surface area contributed by atoms with E-state index in [1.165, 1.54) is 7.11 Å². The molecule has 0 fully saturated rings. The second-order valence-electron chi connectivity index (χ2n) is 3.03. The molecule has 0 aliphatic carbocycles. The standard InChI is InChI=1S/C9H16N2O3/c1-3-4-5-8(12)14-7-9(10,11)6-13-2/h1H,4-7,10-11H2,2H3. The summed E-state index contributed by atoms with van der Waals surface area (Å²) in [6, 6.07) is 0. The Labute approximate surface area is 83.7 Å². The Kier molecular flexibility index (Phi) is 5.88. The Bertz CT molecular complexity index is 221. The van der Waals surface area contributed by atoms with E-state index in [1.54, 1.807) is 0 Å². The van der Waals surface area contributed by atoms with E-state index < -0.39 is 11.6 Å². The van der Waals surface area contributed by atoms with Crippen molar-refractivity contribution in [3.63, 3.8) is 0 Å². The first kappa shape index (κ1) is 12.9. The first-order valence-electron chi connectivity index (χ1n) is 4.17. The van der Waals surface area contributed by atoms with Crippen LogP contribution in [-0.2, 0) is 14.3 Å². The molecular weight excluding hydrogens is 184 g/mol. The van der Waals surface area contributed by atoms with Gasteiger partial charge in [-0.15, -0.1) is 12.3 Å². The lowest BCUT2D eigenvalue weighted by Gasteiger charge is -2.22. The number of methoxy groups -OCH3 is 1. The number of carbonyl (C=O) groups is 1. The van der Waals surface area contributed by atoms with E-state index in [0.29, 0.717) is 6.42 Å². The number of ether oxygens (including phenoxy) is 2. The van der Waals surface area contributed by atoms with Gasteiger partial charge in [0.05, 0.1) is 13.0 Å². The van der Waals surface area contributed by atoms with Gasteiger partial charge in [0, 0.05) is 13.5 Å². The summed E-state index contributed by atoms with van der Waals surface area (Å²) in [4.78, 5) is 11.0. The summed E-state index contributed by atoms with van der Waals surface area (Å²) in [5, 5.41) is 0. The van der Waals surface area contributed by atoms with Crippen LogP contribution in [0.15, 0.2) is 0 Å². The molecule has 0 aliphatic rings. The number of esters is 1. The van der Waals surface area contributed by atoms with E-state index >= 15 is 0 Å². The van der Waals surface area contributed by atoms with Crippen LogP contribution >= 0.6 is 0 Å². The molecule has 0 amide bonds. The Balaban J connectivity index is 3.71. The molecule has 0 aromatic heterocycles. The molecule has 0 radical (unpaired) electrons. The maximum absolute atomic E-state index is 11.0. The van der Waals surface area contributed by atoms with Gasteiger partial charge in [0.15, 0.2) is 0 Å². The third kappa shape index (κ3) is 6.43. The molecule has 0 aromatic carbocycles. The summed E-state index contributed by atoms with van der Waals surface area (Å²) in [5.74, 6) is 1.93. The molecule has 4 N–H and O–H groups in total. The van der Waals surface area contributed by atoms with Crippen molar-refractivity contribution in [2.24, 2.45) is 11.5 Å². The van der Waals surface area contributed by atoms with Crippen molar-refractivity contribution in [3.05, 3.63) is 0 Å². The van der Waals surface area contributed by atoms with Crippen molar-refractivity contribution in [2.75, 3.05) is 20.3 Å². The molecular formula is C9H16N2O3. The third-order valence-electron chi connectivity index (χ3n) is 1.39. The van der Waals surface area contributed by atoms with Gasteiger partial charge in [-0.3, -0.25) is 4.79 Å². The lowest BCUT2D eigenvalue weighted by Crippen LogP contribution is -2.57. The summed E-state index contributed by atoms with van der Waals surface area (Å²) in [5.41, 5.74) is 9.94. The fourth-order valence-corrected chi connectivity index (χ4v) is 0.772. The van der Waals surface area contributed by atoms with Crippen molar-refractivity contribution in [3.8, 4) is 12.3 Å². The highest BCUT2D eigenvalue weighted by Gasteiger charge is 2.20. The fraction of sp³-hybridized carbons (Fsp3) is 0.667. The number of hydrogen-bond acceptors (Lipinski definition) is 5. The van der Waals surface area contributed by atoms with Crippen LogP contribution in [0.5, 0.6) is 0 Å². The van der Waals surface area contributed by atoms with E-state index in [0.717, 1.165) is 0 Å². The zero-order valence-corrected chi connectivity index (χ0v) is 8.29. The molecule has 14 heavy (non-hydrogen) atoms. The minimum absolute atomic E-state index is 0.0791. The van der Waals surface area contributed by atoms with Crippen LogP contribution in [0, 0.1) is 12.3 Å². The van der Waals surface area contributed by atoms with Gasteiger partial charge < -0.3 is 20.9 Å². The number of terminal acetylenes is 1. The Morgan fingerprint density at radius 1 is 1.50 bits per heavy atom. The van der Waals surface area contributed by atoms with Crippen LogP contribution in [0.1, 0.15) is 12.8 Å². The van der Waals surface area contributed by atoms with E-state index in [4.69, 9.17) is 27.4 Å². The van der Waals surface area contributed by atoms with Crippen LogP contribution in [0.25, 0.3) is 0 Å². The molecule has 0 aromatic rings. The summed E-state index contributed by atoms with van der Waals surface area (Å²) in [7, 11) is 1.47. The van der Waals surface area contributed by atoms with Gasteiger partial charge >= 0.3 is 5.97 Å². The van der Waals surface area contributed by atoms with Gasteiger partial charge in [-0.25, -0.2) is 0 Å². The van der Waals surface area contributed by atoms with E-state index in [2.05, 4.69) is 5.92 Å². The molecule has 0 heterocycles. The lowest BCUT2D eigenvalue weighted by molar-refractivity contribution is -0.146. The van der Waals surface area contributed by atoms with Crippen molar-refractivity contribution < 1.29 is 14.3 Å². The first-order chi connectivity index (χ1) is 6.52. The lowest BCUT2D eigenvalue weighted by atomic mass is 10.2. The second-order valence-corrected chi connectivity index (χ2v) is 3.03. The van der Waals surface area contributed by atoms with E-state index in [-0.39, 0.29) is 19.6 Å². The van der Waals surface area contributed by atoms with Gasteiger partial charge in [0.1, 0.15) is 12.3 Å². The summed E-state index contributed by atoms with van der Waals surface area (Å²) in [6.07, 6.45) is 5.51. The van der Waals surface area contributed by atoms with Gasteiger partial charge in [0.2, 0.25) is 0 Å². The summed E-state index contributed by atoms with van der Waals surface area (Å²) in [6.45, 7) is 0.0413. The monoisotopic (exact) mass is 200 g/mol. The fourth-order valence-electron chi connectivity index (χ4n) is 0.772. The molecule has 0 atom stereocenters. The van der Waals surface area contributed by atoms with Gasteiger partial charge in [-0.05, 0) is 0 Å². The molecule has 0 unspecified atom stereocenters. The number of hydrogen-bond donors (Lipinski definition) is 2. The molecule has 0 saturated carbocycles. The van der Waals surface area contributed by atoms with Crippen LogP contribution in [0.3, 0.4) is 0 Å². The highest BCUT2D eigenvalue weighted by Crippen LogP contribution is 1.97. The molecule has 5 nitrogen and oxygen atoms in total. The predicted octanol–water partition coefficient (Wildman–Crippen LogP) is -0.797. The van der Waals surface area contributed by atoms with Crippen LogP contribution in [0.4, 0.5) is 0 Å². The number of nitrogens with two attached hydrogens (primary N) is 2.